The van der Waals surface area contributed by atoms with Gasteiger partial charge in [0, 0.05) is 12.4 Å². The maximum absolute atomic E-state index is 5.69. The van der Waals surface area contributed by atoms with Gasteiger partial charge in [-0.05, 0) is 40.5 Å². The van der Waals surface area contributed by atoms with Crippen molar-refractivity contribution in [2.75, 3.05) is 0 Å². The summed E-state index contributed by atoms with van der Waals surface area (Å²) in [5, 5.41) is 4.43. The van der Waals surface area contributed by atoms with Gasteiger partial charge in [0.25, 0.3) is 0 Å². The molecule has 0 spiro atoms. The van der Waals surface area contributed by atoms with E-state index in [4.69, 9.17) is 11.6 Å². The zero-order valence-corrected chi connectivity index (χ0v) is 9.62. The maximum atomic E-state index is 5.69. The molecule has 2 rings (SSSR count). The molecule has 2 aromatic heterocycles. The normalized spacial score (nSPS) is 10.5. The number of hydrogen-bond donors (Lipinski definition) is 0. The smallest absolute Gasteiger partial charge is 0.224 e. The van der Waals surface area contributed by atoms with Crippen LogP contribution in [-0.4, -0.2) is 19.7 Å². The van der Waals surface area contributed by atoms with E-state index in [1.165, 1.54) is 0 Å². The van der Waals surface area contributed by atoms with Crippen LogP contribution >= 0.6 is 27.5 Å². The van der Waals surface area contributed by atoms with Crippen LogP contribution < -0.4 is 0 Å². The third-order valence-electron chi connectivity index (χ3n) is 1.64. The molecule has 14 heavy (non-hydrogen) atoms. The van der Waals surface area contributed by atoms with E-state index in [9.17, 15) is 0 Å². The first-order chi connectivity index (χ1) is 6.66. The van der Waals surface area contributed by atoms with Crippen molar-refractivity contribution >= 4 is 27.5 Å². The molecular formula is C8H6BrClN4. The number of halogens is 2. The number of rotatable bonds is 1. The van der Waals surface area contributed by atoms with E-state index in [0.717, 1.165) is 10.2 Å². The van der Waals surface area contributed by atoms with Crippen LogP contribution in [-0.2, 0) is 0 Å². The van der Waals surface area contributed by atoms with Crippen LogP contribution in [0.15, 0.2) is 22.9 Å². The highest BCUT2D eigenvalue weighted by Crippen LogP contribution is 2.18. The molecule has 0 aromatic carbocycles. The van der Waals surface area contributed by atoms with Crippen molar-refractivity contribution in [3.63, 3.8) is 0 Å². The second kappa shape index (κ2) is 3.67. The van der Waals surface area contributed by atoms with Crippen molar-refractivity contribution < 1.29 is 0 Å². The van der Waals surface area contributed by atoms with Crippen LogP contribution in [0.2, 0.25) is 5.28 Å². The maximum Gasteiger partial charge on any atom is 0.224 e. The lowest BCUT2D eigenvalue weighted by atomic mass is 10.5. The van der Waals surface area contributed by atoms with Crippen molar-refractivity contribution in [2.45, 2.75) is 6.92 Å². The molecule has 0 fully saturated rings. The molecule has 0 aliphatic heterocycles. The van der Waals surface area contributed by atoms with E-state index in [-0.39, 0.29) is 5.28 Å². The minimum absolute atomic E-state index is 0.205. The average Bonchev–Trinajstić information content (AvgIpc) is 2.56. The van der Waals surface area contributed by atoms with Gasteiger partial charge in [0.1, 0.15) is 0 Å². The van der Waals surface area contributed by atoms with Crippen molar-refractivity contribution in [2.24, 2.45) is 0 Å². The van der Waals surface area contributed by atoms with Crippen LogP contribution in [0.3, 0.4) is 0 Å². The second-order valence-electron chi connectivity index (χ2n) is 2.71. The predicted octanol–water partition coefficient (Wildman–Crippen LogP) is 2.39. The molecule has 72 valence electrons. The van der Waals surface area contributed by atoms with Gasteiger partial charge in [-0.25, -0.2) is 9.67 Å². The van der Waals surface area contributed by atoms with Crippen LogP contribution in [0.4, 0.5) is 0 Å². The highest BCUT2D eigenvalue weighted by Gasteiger charge is 2.06. The van der Waals surface area contributed by atoms with Gasteiger partial charge in [-0.1, -0.05) is 0 Å². The van der Waals surface area contributed by atoms with Crippen molar-refractivity contribution in [1.82, 2.24) is 19.7 Å². The van der Waals surface area contributed by atoms with E-state index in [0.29, 0.717) is 5.82 Å². The molecule has 2 heterocycles. The Morgan fingerprint density at radius 1 is 1.50 bits per heavy atom. The largest absolute Gasteiger partial charge is 0.225 e. The van der Waals surface area contributed by atoms with E-state index in [1.54, 1.807) is 10.9 Å². The molecule has 0 atom stereocenters. The SMILES string of the molecule is Cc1ccn(-c2nc(Cl)ncc2Br)n1. The lowest BCUT2D eigenvalue weighted by Crippen LogP contribution is -2.00. The third kappa shape index (κ3) is 1.78. The van der Waals surface area contributed by atoms with E-state index >= 15 is 0 Å². The monoisotopic (exact) mass is 272 g/mol. The Labute approximate surface area is 94.1 Å². The Morgan fingerprint density at radius 3 is 2.93 bits per heavy atom. The zero-order chi connectivity index (χ0) is 10.1. The fourth-order valence-electron chi connectivity index (χ4n) is 1.03. The summed E-state index contributed by atoms with van der Waals surface area (Å²) in [6.07, 6.45) is 3.42. The first-order valence-electron chi connectivity index (χ1n) is 3.87. The standard InChI is InChI=1S/C8H6BrClN4/c1-5-2-3-14(13-5)7-6(9)4-11-8(10)12-7/h2-4H,1H3. The predicted molar refractivity (Wildman–Crippen MR) is 56.6 cm³/mol. The lowest BCUT2D eigenvalue weighted by Gasteiger charge is -2.02. The first-order valence-corrected chi connectivity index (χ1v) is 5.04. The minimum atomic E-state index is 0.205. The highest BCUT2D eigenvalue weighted by atomic mass is 79.9. The van der Waals surface area contributed by atoms with Gasteiger partial charge in [-0.3, -0.25) is 0 Å². The van der Waals surface area contributed by atoms with E-state index in [2.05, 4.69) is 31.0 Å². The summed E-state index contributed by atoms with van der Waals surface area (Å²) < 4.78 is 2.40. The summed E-state index contributed by atoms with van der Waals surface area (Å²) in [4.78, 5) is 7.90. The van der Waals surface area contributed by atoms with Gasteiger partial charge < -0.3 is 0 Å². The van der Waals surface area contributed by atoms with Crippen LogP contribution in [0.1, 0.15) is 5.69 Å². The van der Waals surface area contributed by atoms with Gasteiger partial charge >= 0.3 is 0 Å². The summed E-state index contributed by atoms with van der Waals surface area (Å²) in [6.45, 7) is 1.91. The Balaban J connectivity index is 2.55. The number of aromatic nitrogens is 4. The Kier molecular flexibility index (Phi) is 2.52. The molecule has 0 aliphatic rings. The molecular weight excluding hydrogens is 267 g/mol. The summed E-state index contributed by atoms with van der Waals surface area (Å²) in [5.41, 5.74) is 0.923. The molecule has 0 bridgehead atoms. The first kappa shape index (κ1) is 9.61. The van der Waals surface area contributed by atoms with Crippen molar-refractivity contribution in [3.05, 3.63) is 33.9 Å². The van der Waals surface area contributed by atoms with Crippen LogP contribution in [0.25, 0.3) is 5.82 Å². The molecule has 0 N–H and O–H groups in total. The summed E-state index contributed by atoms with van der Waals surface area (Å²) in [5.74, 6) is 0.637. The van der Waals surface area contributed by atoms with Gasteiger partial charge in [0.05, 0.1) is 10.2 Å². The van der Waals surface area contributed by atoms with Crippen LogP contribution in [0.5, 0.6) is 0 Å². The van der Waals surface area contributed by atoms with Crippen molar-refractivity contribution in [3.8, 4) is 5.82 Å². The Bertz CT molecular complexity index is 468. The minimum Gasteiger partial charge on any atom is -0.225 e. The number of aryl methyl sites for hydroxylation is 1. The average molecular weight is 274 g/mol. The van der Waals surface area contributed by atoms with Gasteiger partial charge in [0.15, 0.2) is 5.82 Å². The highest BCUT2D eigenvalue weighted by molar-refractivity contribution is 9.10. The summed E-state index contributed by atoms with van der Waals surface area (Å²) in [6, 6.07) is 1.89. The lowest BCUT2D eigenvalue weighted by molar-refractivity contribution is 0.820. The van der Waals surface area contributed by atoms with E-state index in [1.807, 2.05) is 19.2 Å². The molecule has 0 amide bonds. The molecule has 0 unspecified atom stereocenters. The third-order valence-corrected chi connectivity index (χ3v) is 2.38. The number of nitrogens with zero attached hydrogens (tertiary/aromatic N) is 4. The topological polar surface area (TPSA) is 43.6 Å². The van der Waals surface area contributed by atoms with Crippen LogP contribution in [0, 0.1) is 6.92 Å². The van der Waals surface area contributed by atoms with Gasteiger partial charge in [-0.15, -0.1) is 0 Å². The Morgan fingerprint density at radius 2 is 2.29 bits per heavy atom. The van der Waals surface area contributed by atoms with Gasteiger partial charge in [0.2, 0.25) is 5.28 Å². The summed E-state index contributed by atoms with van der Waals surface area (Å²) in [7, 11) is 0. The van der Waals surface area contributed by atoms with E-state index < -0.39 is 0 Å². The second-order valence-corrected chi connectivity index (χ2v) is 3.90. The molecule has 4 nitrogen and oxygen atoms in total. The molecule has 0 saturated carbocycles. The molecule has 2 aromatic rings. The molecule has 6 heteroatoms. The fraction of sp³-hybridized carbons (Fsp3) is 0.125. The zero-order valence-electron chi connectivity index (χ0n) is 7.28. The van der Waals surface area contributed by atoms with Gasteiger partial charge in [-0.2, -0.15) is 10.1 Å². The summed E-state index contributed by atoms with van der Waals surface area (Å²) >= 11 is 9.02. The molecule has 0 saturated heterocycles. The fourth-order valence-corrected chi connectivity index (χ4v) is 1.53. The quantitative estimate of drug-likeness (QED) is 0.749. The molecule has 0 aliphatic carbocycles. The Hall–Kier alpha value is -0.940. The number of hydrogen-bond acceptors (Lipinski definition) is 3. The molecule has 0 radical (unpaired) electrons. The van der Waals surface area contributed by atoms with Crippen molar-refractivity contribution in [1.29, 1.82) is 0 Å².